The molecule has 0 spiro atoms. The van der Waals surface area contributed by atoms with Crippen molar-refractivity contribution in [2.45, 2.75) is 52.7 Å². The molecule has 6 heteroatoms. The zero-order valence-electron chi connectivity index (χ0n) is 14.4. The first kappa shape index (κ1) is 19.1. The molecule has 0 aliphatic rings. The Kier molecular flexibility index (Phi) is 5.88. The Morgan fingerprint density at radius 2 is 1.26 bits per heavy atom. The number of benzene rings is 1. The molecule has 0 bridgehead atoms. The summed E-state index contributed by atoms with van der Waals surface area (Å²) in [5.74, 6) is 0. The number of hydrogen-bond acceptors (Lipinski definition) is 5. The van der Waals surface area contributed by atoms with E-state index in [0.29, 0.717) is 5.56 Å². The summed E-state index contributed by atoms with van der Waals surface area (Å²) in [5.41, 5.74) is -0.966. The zero-order chi connectivity index (χ0) is 17.8. The lowest BCUT2D eigenvalue weighted by molar-refractivity contribution is 0.0152. The Balaban J connectivity index is 3.13. The summed E-state index contributed by atoms with van der Waals surface area (Å²) in [6.07, 6.45) is -1.72. The number of hydrogen-bond donors (Lipinski definition) is 0. The number of carbonyl (C=O) groups excluding carboxylic acids is 2. The maximum atomic E-state index is 12.4. The van der Waals surface area contributed by atoms with Gasteiger partial charge in [0, 0.05) is 5.56 Å². The molecule has 0 aliphatic carbocycles. The zero-order valence-corrected chi connectivity index (χ0v) is 15.2. The molecule has 0 radical (unpaired) electrons. The van der Waals surface area contributed by atoms with Crippen molar-refractivity contribution < 1.29 is 19.1 Å². The number of thiocarbonyl (C=S) groups is 1. The molecule has 0 aliphatic heterocycles. The monoisotopic (exact) mass is 337 g/mol. The van der Waals surface area contributed by atoms with Crippen LogP contribution in [0.3, 0.4) is 0 Å². The molecule has 0 saturated carbocycles. The Morgan fingerprint density at radius 1 is 0.870 bits per heavy atom. The van der Waals surface area contributed by atoms with Crippen molar-refractivity contribution in [1.29, 1.82) is 0 Å². The molecule has 0 aromatic heterocycles. The van der Waals surface area contributed by atoms with Gasteiger partial charge < -0.3 is 9.47 Å². The molecule has 5 nitrogen and oxygen atoms in total. The van der Waals surface area contributed by atoms with E-state index in [4.69, 9.17) is 21.7 Å². The van der Waals surface area contributed by atoms with Crippen LogP contribution < -0.4 is 0 Å². The van der Waals surface area contributed by atoms with Crippen molar-refractivity contribution in [3.63, 3.8) is 0 Å². The molecule has 2 amide bonds. The normalized spacial score (nSPS) is 11.6. The summed E-state index contributed by atoms with van der Waals surface area (Å²) in [6, 6.07) is 8.78. The van der Waals surface area contributed by atoms with E-state index in [1.807, 2.05) is 6.07 Å². The quantitative estimate of drug-likeness (QED) is 0.705. The topological polar surface area (TPSA) is 55.8 Å². The Labute approximate surface area is 142 Å². The molecule has 1 aromatic rings. The van der Waals surface area contributed by atoms with Gasteiger partial charge in [-0.1, -0.05) is 42.5 Å². The number of imide groups is 1. The van der Waals surface area contributed by atoms with Crippen molar-refractivity contribution in [3.05, 3.63) is 35.9 Å². The van der Waals surface area contributed by atoms with E-state index in [-0.39, 0.29) is 4.99 Å². The second-order valence-corrected chi connectivity index (χ2v) is 7.35. The highest BCUT2D eigenvalue weighted by atomic mass is 32.1. The fourth-order valence-electron chi connectivity index (χ4n) is 1.57. The number of rotatable bonds is 1. The van der Waals surface area contributed by atoms with Crippen LogP contribution >= 0.6 is 12.2 Å². The van der Waals surface area contributed by atoms with Crippen LogP contribution in [-0.4, -0.2) is 33.3 Å². The van der Waals surface area contributed by atoms with Gasteiger partial charge in [0.05, 0.1) is 0 Å². The molecule has 126 valence electrons. The van der Waals surface area contributed by atoms with Gasteiger partial charge in [-0.05, 0) is 41.5 Å². The van der Waals surface area contributed by atoms with Gasteiger partial charge in [0.15, 0.2) is 0 Å². The maximum Gasteiger partial charge on any atom is 0.425 e. The van der Waals surface area contributed by atoms with Crippen molar-refractivity contribution >= 4 is 29.4 Å². The summed E-state index contributed by atoms with van der Waals surface area (Å²) in [7, 11) is 0. The minimum absolute atomic E-state index is 0.0362. The predicted molar refractivity (Wildman–Crippen MR) is 92.4 cm³/mol. The van der Waals surface area contributed by atoms with E-state index in [0.717, 1.165) is 4.90 Å². The van der Waals surface area contributed by atoms with Crippen LogP contribution in [0.4, 0.5) is 9.59 Å². The van der Waals surface area contributed by atoms with E-state index in [1.54, 1.807) is 65.8 Å². The predicted octanol–water partition coefficient (Wildman–Crippen LogP) is 4.53. The summed E-state index contributed by atoms with van der Waals surface area (Å²) >= 11 is 5.30. The van der Waals surface area contributed by atoms with Crippen molar-refractivity contribution in [2.75, 3.05) is 0 Å². The molecular weight excluding hydrogens is 314 g/mol. The van der Waals surface area contributed by atoms with Crippen molar-refractivity contribution in [1.82, 2.24) is 4.90 Å². The molecule has 0 atom stereocenters. The summed E-state index contributed by atoms with van der Waals surface area (Å²) in [6.45, 7) is 10.3. The van der Waals surface area contributed by atoms with Crippen LogP contribution in [0.1, 0.15) is 47.1 Å². The second kappa shape index (κ2) is 7.08. The average molecular weight is 337 g/mol. The molecule has 0 unspecified atom stereocenters. The highest BCUT2D eigenvalue weighted by molar-refractivity contribution is 7.80. The summed E-state index contributed by atoms with van der Waals surface area (Å²) < 4.78 is 10.6. The van der Waals surface area contributed by atoms with Gasteiger partial charge in [0.25, 0.3) is 0 Å². The highest BCUT2D eigenvalue weighted by Crippen LogP contribution is 2.17. The van der Waals surface area contributed by atoms with Crippen LogP contribution in [0.25, 0.3) is 0 Å². The Hall–Kier alpha value is -1.95. The average Bonchev–Trinajstić information content (AvgIpc) is 2.35. The fraction of sp³-hybridized carbons (Fsp3) is 0.471. The molecule has 1 aromatic carbocycles. The largest absolute Gasteiger partial charge is 0.443 e. The van der Waals surface area contributed by atoms with Gasteiger partial charge >= 0.3 is 12.2 Å². The molecule has 1 rings (SSSR count). The molecule has 23 heavy (non-hydrogen) atoms. The van der Waals surface area contributed by atoms with Crippen LogP contribution in [-0.2, 0) is 9.47 Å². The second-order valence-electron chi connectivity index (χ2n) is 6.97. The third kappa shape index (κ3) is 6.36. The first-order valence-electron chi connectivity index (χ1n) is 7.26. The fourth-order valence-corrected chi connectivity index (χ4v) is 1.85. The van der Waals surface area contributed by atoms with Gasteiger partial charge in [-0.2, -0.15) is 4.90 Å². The Morgan fingerprint density at radius 3 is 1.61 bits per heavy atom. The third-order valence-corrected chi connectivity index (χ3v) is 2.79. The van der Waals surface area contributed by atoms with Crippen LogP contribution in [0.15, 0.2) is 30.3 Å². The SMILES string of the molecule is CC(C)(C)OC(=O)N(C(=O)OC(C)(C)C)C(=S)c1ccccc1. The highest BCUT2D eigenvalue weighted by Gasteiger charge is 2.34. The van der Waals surface area contributed by atoms with Gasteiger partial charge in [-0.15, -0.1) is 0 Å². The number of amides is 2. The van der Waals surface area contributed by atoms with Crippen LogP contribution in [0.5, 0.6) is 0 Å². The van der Waals surface area contributed by atoms with Gasteiger partial charge in [-0.25, -0.2) is 9.59 Å². The van der Waals surface area contributed by atoms with E-state index >= 15 is 0 Å². The minimum atomic E-state index is -0.861. The first-order valence-corrected chi connectivity index (χ1v) is 7.67. The van der Waals surface area contributed by atoms with E-state index in [2.05, 4.69) is 0 Å². The lowest BCUT2D eigenvalue weighted by Crippen LogP contribution is -2.46. The van der Waals surface area contributed by atoms with Gasteiger partial charge in [0.1, 0.15) is 16.2 Å². The smallest absolute Gasteiger partial charge is 0.425 e. The van der Waals surface area contributed by atoms with Crippen LogP contribution in [0.2, 0.25) is 0 Å². The van der Waals surface area contributed by atoms with E-state index in [9.17, 15) is 9.59 Å². The van der Waals surface area contributed by atoms with E-state index < -0.39 is 23.4 Å². The maximum absolute atomic E-state index is 12.4. The third-order valence-electron chi connectivity index (χ3n) is 2.38. The molecule has 0 saturated heterocycles. The molecular formula is C17H23NO4S. The number of nitrogens with zero attached hydrogens (tertiary/aromatic N) is 1. The summed E-state index contributed by atoms with van der Waals surface area (Å²) in [4.78, 5) is 25.6. The first-order chi connectivity index (χ1) is 10.4. The summed E-state index contributed by atoms with van der Waals surface area (Å²) in [5, 5.41) is 0. The lowest BCUT2D eigenvalue weighted by Gasteiger charge is -2.28. The standard InChI is InChI=1S/C17H23NO4S/c1-16(2,3)21-14(19)18(15(20)22-17(4,5)6)13(23)12-10-8-7-9-11-12/h7-11H,1-6H3. The van der Waals surface area contributed by atoms with Crippen molar-refractivity contribution in [3.8, 4) is 0 Å². The minimum Gasteiger partial charge on any atom is -0.443 e. The Bertz CT molecular complexity index is 557. The van der Waals surface area contributed by atoms with Gasteiger partial charge in [0.2, 0.25) is 0 Å². The number of ether oxygens (including phenoxy) is 2. The molecule has 0 heterocycles. The van der Waals surface area contributed by atoms with Crippen molar-refractivity contribution in [2.24, 2.45) is 0 Å². The molecule has 0 fully saturated rings. The number of carbonyl (C=O) groups is 2. The van der Waals surface area contributed by atoms with Gasteiger partial charge in [-0.3, -0.25) is 0 Å². The van der Waals surface area contributed by atoms with E-state index in [1.165, 1.54) is 0 Å². The van der Waals surface area contributed by atoms with Crippen LogP contribution in [0, 0.1) is 0 Å². The lowest BCUT2D eigenvalue weighted by atomic mass is 10.2. The molecule has 0 N–H and O–H groups in total.